The summed E-state index contributed by atoms with van der Waals surface area (Å²) in [6.07, 6.45) is 6.37. The van der Waals surface area contributed by atoms with E-state index in [1.54, 1.807) is 6.08 Å². The van der Waals surface area contributed by atoms with E-state index in [1.165, 1.54) is 11.6 Å². The largest absolute Gasteiger partial charge is 0.488 e. The summed E-state index contributed by atoms with van der Waals surface area (Å²) in [5, 5.41) is 2.86. The van der Waals surface area contributed by atoms with Crippen LogP contribution in [0, 0.1) is 0 Å². The van der Waals surface area contributed by atoms with Crippen molar-refractivity contribution in [3.05, 3.63) is 77.4 Å². The number of nitrogens with one attached hydrogen (secondary N) is 1. The molecule has 3 rings (SSSR count). The van der Waals surface area contributed by atoms with Crippen LogP contribution < -0.4 is 10.1 Å². The molecule has 3 heteroatoms. The average Bonchev–Trinajstić information content (AvgIpc) is 2.60. The molecule has 1 heterocycles. The number of anilines is 1. The van der Waals surface area contributed by atoms with Crippen LogP contribution in [0.2, 0.25) is 0 Å². The van der Waals surface area contributed by atoms with Crippen LogP contribution in [-0.2, 0) is 11.2 Å². The summed E-state index contributed by atoms with van der Waals surface area (Å²) in [6.45, 7) is 2.58. The maximum atomic E-state index is 12.0. The van der Waals surface area contributed by atoms with E-state index in [-0.39, 0.29) is 5.91 Å². The first kappa shape index (κ1) is 15.1. The van der Waals surface area contributed by atoms with Gasteiger partial charge in [-0.25, -0.2) is 0 Å². The molecule has 3 nitrogen and oxygen atoms in total. The molecule has 1 N–H and O–H groups in total. The van der Waals surface area contributed by atoms with E-state index in [1.807, 2.05) is 54.6 Å². The molecule has 0 spiro atoms. The van der Waals surface area contributed by atoms with E-state index in [4.69, 9.17) is 4.74 Å². The highest BCUT2D eigenvalue weighted by molar-refractivity contribution is 5.99. The second kappa shape index (κ2) is 6.97. The van der Waals surface area contributed by atoms with Crippen molar-refractivity contribution in [2.24, 2.45) is 0 Å². The maximum Gasteiger partial charge on any atom is 0.248 e. The highest BCUT2D eigenvalue weighted by Gasteiger charge is 2.08. The van der Waals surface area contributed by atoms with E-state index < -0.39 is 0 Å². The van der Waals surface area contributed by atoms with E-state index in [2.05, 4.69) is 12.2 Å². The lowest BCUT2D eigenvalue weighted by Gasteiger charge is -2.15. The predicted octanol–water partition coefficient (Wildman–Crippen LogP) is 4.22. The molecule has 23 heavy (non-hydrogen) atoms. The van der Waals surface area contributed by atoms with Crippen LogP contribution in [0.25, 0.3) is 6.08 Å². The Bertz CT molecular complexity index is 757. The Morgan fingerprint density at radius 1 is 1.17 bits per heavy atom. The Morgan fingerprint density at radius 3 is 2.74 bits per heavy atom. The van der Waals surface area contributed by atoms with E-state index in [0.29, 0.717) is 6.61 Å². The highest BCUT2D eigenvalue weighted by Crippen LogP contribution is 2.25. The van der Waals surface area contributed by atoms with Crippen LogP contribution in [-0.4, -0.2) is 12.5 Å². The molecule has 0 saturated heterocycles. The van der Waals surface area contributed by atoms with E-state index >= 15 is 0 Å². The molecule has 0 aromatic heterocycles. The van der Waals surface area contributed by atoms with Crippen LogP contribution in [0.4, 0.5) is 5.69 Å². The zero-order valence-electron chi connectivity index (χ0n) is 13.1. The highest BCUT2D eigenvalue weighted by atomic mass is 16.5. The van der Waals surface area contributed by atoms with Gasteiger partial charge in [-0.05, 0) is 41.8 Å². The number of para-hydroxylation sites is 1. The second-order valence-corrected chi connectivity index (χ2v) is 5.42. The molecule has 1 aliphatic heterocycles. The fourth-order valence-electron chi connectivity index (χ4n) is 2.42. The third-order valence-electron chi connectivity index (χ3n) is 3.73. The van der Waals surface area contributed by atoms with Crippen molar-refractivity contribution in [1.29, 1.82) is 0 Å². The van der Waals surface area contributed by atoms with Crippen molar-refractivity contribution < 1.29 is 9.53 Å². The number of hydrogen-bond acceptors (Lipinski definition) is 2. The minimum atomic E-state index is -0.144. The number of fused-ring (bicyclic) bond motifs is 1. The smallest absolute Gasteiger partial charge is 0.248 e. The molecule has 0 radical (unpaired) electrons. The Labute approximate surface area is 136 Å². The van der Waals surface area contributed by atoms with Crippen molar-refractivity contribution in [2.45, 2.75) is 13.3 Å². The summed E-state index contributed by atoms with van der Waals surface area (Å²) in [7, 11) is 0. The van der Waals surface area contributed by atoms with Gasteiger partial charge in [-0.3, -0.25) is 4.79 Å². The summed E-state index contributed by atoms with van der Waals surface area (Å²) < 4.78 is 5.66. The van der Waals surface area contributed by atoms with Gasteiger partial charge in [-0.15, -0.1) is 0 Å². The standard InChI is InChI=1S/C20H19NO2/c1-2-15-7-10-18(11-8-15)21-20(22)12-9-16-13-17-5-3-4-6-19(17)23-14-16/h3-13H,2,14H2,1H3,(H,21,22). The monoisotopic (exact) mass is 305 g/mol. The molecule has 0 unspecified atom stereocenters. The molecule has 0 saturated carbocycles. The Kier molecular flexibility index (Phi) is 4.57. The Morgan fingerprint density at radius 2 is 1.96 bits per heavy atom. The van der Waals surface area contributed by atoms with Gasteiger partial charge in [0.25, 0.3) is 0 Å². The molecule has 2 aromatic rings. The van der Waals surface area contributed by atoms with Crippen LogP contribution in [0.1, 0.15) is 18.1 Å². The summed E-state index contributed by atoms with van der Waals surface area (Å²) in [5.74, 6) is 0.735. The Hall–Kier alpha value is -2.81. The van der Waals surface area contributed by atoms with Gasteiger partial charge in [0, 0.05) is 17.3 Å². The maximum absolute atomic E-state index is 12.0. The van der Waals surface area contributed by atoms with Crippen molar-refractivity contribution in [3.8, 4) is 5.75 Å². The first-order valence-corrected chi connectivity index (χ1v) is 7.75. The van der Waals surface area contributed by atoms with Gasteiger partial charge in [0.15, 0.2) is 0 Å². The minimum absolute atomic E-state index is 0.144. The SMILES string of the molecule is CCc1ccc(NC(=O)C=CC2=Cc3ccccc3OC2)cc1. The predicted molar refractivity (Wildman–Crippen MR) is 93.5 cm³/mol. The summed E-state index contributed by atoms with van der Waals surface area (Å²) in [5.41, 5.74) is 4.06. The molecular formula is C20H19NO2. The molecule has 0 aliphatic carbocycles. The van der Waals surface area contributed by atoms with Gasteiger partial charge in [0.1, 0.15) is 12.4 Å². The van der Waals surface area contributed by atoms with Crippen LogP contribution in [0.5, 0.6) is 5.75 Å². The number of carbonyl (C=O) groups is 1. The molecule has 0 atom stereocenters. The number of rotatable bonds is 4. The molecular weight excluding hydrogens is 286 g/mol. The van der Waals surface area contributed by atoms with Crippen molar-refractivity contribution in [2.75, 3.05) is 11.9 Å². The zero-order chi connectivity index (χ0) is 16.1. The lowest BCUT2D eigenvalue weighted by Crippen LogP contribution is -2.09. The molecule has 0 bridgehead atoms. The molecule has 2 aromatic carbocycles. The average molecular weight is 305 g/mol. The van der Waals surface area contributed by atoms with Crippen LogP contribution in [0.3, 0.4) is 0 Å². The number of hydrogen-bond donors (Lipinski definition) is 1. The summed E-state index contributed by atoms with van der Waals surface area (Å²) in [6, 6.07) is 15.7. The lowest BCUT2D eigenvalue weighted by molar-refractivity contribution is -0.111. The van der Waals surface area contributed by atoms with E-state index in [9.17, 15) is 4.79 Å². The normalized spacial score (nSPS) is 13.2. The molecule has 0 fully saturated rings. The second-order valence-electron chi connectivity index (χ2n) is 5.42. The van der Waals surface area contributed by atoms with Gasteiger partial charge < -0.3 is 10.1 Å². The lowest BCUT2D eigenvalue weighted by atomic mass is 10.1. The number of benzene rings is 2. The van der Waals surface area contributed by atoms with Crippen LogP contribution in [0.15, 0.2) is 66.3 Å². The topological polar surface area (TPSA) is 38.3 Å². The van der Waals surface area contributed by atoms with Gasteiger partial charge >= 0.3 is 0 Å². The summed E-state index contributed by atoms with van der Waals surface area (Å²) in [4.78, 5) is 12.0. The van der Waals surface area contributed by atoms with Gasteiger partial charge in [0.2, 0.25) is 5.91 Å². The van der Waals surface area contributed by atoms with Gasteiger partial charge in [-0.2, -0.15) is 0 Å². The fourth-order valence-corrected chi connectivity index (χ4v) is 2.42. The number of ether oxygens (including phenoxy) is 1. The first-order valence-electron chi connectivity index (χ1n) is 7.75. The number of carbonyl (C=O) groups excluding carboxylic acids is 1. The summed E-state index contributed by atoms with van der Waals surface area (Å²) >= 11 is 0. The third-order valence-corrected chi connectivity index (χ3v) is 3.73. The quantitative estimate of drug-likeness (QED) is 0.859. The van der Waals surface area contributed by atoms with Gasteiger partial charge in [-0.1, -0.05) is 43.3 Å². The third kappa shape index (κ3) is 3.89. The van der Waals surface area contributed by atoms with Crippen molar-refractivity contribution in [1.82, 2.24) is 0 Å². The van der Waals surface area contributed by atoms with E-state index in [0.717, 1.165) is 29.0 Å². The van der Waals surface area contributed by atoms with Crippen molar-refractivity contribution in [3.63, 3.8) is 0 Å². The van der Waals surface area contributed by atoms with Crippen LogP contribution >= 0.6 is 0 Å². The fraction of sp³-hybridized carbons (Fsp3) is 0.150. The number of aryl methyl sites for hydroxylation is 1. The Balaban J connectivity index is 1.63. The van der Waals surface area contributed by atoms with Gasteiger partial charge in [0.05, 0.1) is 0 Å². The number of amides is 1. The van der Waals surface area contributed by atoms with Crippen molar-refractivity contribution >= 4 is 17.7 Å². The minimum Gasteiger partial charge on any atom is -0.488 e. The molecule has 1 amide bonds. The molecule has 116 valence electrons. The first-order chi connectivity index (χ1) is 11.2. The zero-order valence-corrected chi connectivity index (χ0v) is 13.1. The molecule has 1 aliphatic rings.